The summed E-state index contributed by atoms with van der Waals surface area (Å²) in [6.45, 7) is 4.85. The SMILES string of the molecule is CN1CCN(c2ccc(CNc3ccc4cccn4c3C(=O)O)cc2)CC1. The second kappa shape index (κ2) is 7.32. The maximum atomic E-state index is 11.7. The number of hydrogen-bond donors (Lipinski definition) is 2. The van der Waals surface area contributed by atoms with E-state index >= 15 is 0 Å². The molecule has 2 N–H and O–H groups in total. The van der Waals surface area contributed by atoms with Gasteiger partial charge in [-0.3, -0.25) is 0 Å². The molecule has 0 amide bonds. The first-order valence-electron chi connectivity index (χ1n) is 9.21. The summed E-state index contributed by atoms with van der Waals surface area (Å²) in [7, 11) is 2.16. The van der Waals surface area contributed by atoms with Crippen molar-refractivity contribution in [3.8, 4) is 0 Å². The number of anilines is 2. The van der Waals surface area contributed by atoms with E-state index in [-0.39, 0.29) is 5.69 Å². The molecule has 3 aromatic rings. The Balaban J connectivity index is 1.47. The van der Waals surface area contributed by atoms with Crippen molar-refractivity contribution in [1.82, 2.24) is 9.30 Å². The summed E-state index contributed by atoms with van der Waals surface area (Å²) in [6.07, 6.45) is 1.77. The van der Waals surface area contributed by atoms with Gasteiger partial charge in [0, 0.05) is 50.1 Å². The number of nitrogens with one attached hydrogen (secondary N) is 1. The molecular weight excluding hydrogens is 340 g/mol. The van der Waals surface area contributed by atoms with Crippen LogP contribution in [0.5, 0.6) is 0 Å². The summed E-state index contributed by atoms with van der Waals surface area (Å²) in [6, 6.07) is 16.0. The summed E-state index contributed by atoms with van der Waals surface area (Å²) in [5.41, 5.74) is 4.11. The number of rotatable bonds is 5. The van der Waals surface area contributed by atoms with Gasteiger partial charge in [-0.25, -0.2) is 4.79 Å². The van der Waals surface area contributed by atoms with E-state index in [0.717, 1.165) is 37.3 Å². The second-order valence-corrected chi connectivity index (χ2v) is 7.01. The molecule has 0 bridgehead atoms. The number of pyridine rings is 1. The highest BCUT2D eigenvalue weighted by Crippen LogP contribution is 2.21. The van der Waals surface area contributed by atoms with Crippen molar-refractivity contribution < 1.29 is 9.90 Å². The van der Waals surface area contributed by atoms with Gasteiger partial charge in [-0.1, -0.05) is 12.1 Å². The average Bonchev–Trinajstić information content (AvgIpc) is 3.15. The average molecular weight is 364 g/mol. The number of hydrogen-bond acceptors (Lipinski definition) is 4. The predicted octanol–water partition coefficient (Wildman–Crippen LogP) is 3.00. The zero-order valence-electron chi connectivity index (χ0n) is 15.4. The van der Waals surface area contributed by atoms with Crippen LogP contribution in [0.2, 0.25) is 0 Å². The Labute approximate surface area is 158 Å². The molecule has 3 heterocycles. The summed E-state index contributed by atoms with van der Waals surface area (Å²) < 4.78 is 1.70. The topological polar surface area (TPSA) is 60.2 Å². The number of fused-ring (bicyclic) bond motifs is 1. The summed E-state index contributed by atoms with van der Waals surface area (Å²) in [4.78, 5) is 16.5. The fourth-order valence-corrected chi connectivity index (χ4v) is 3.56. The predicted molar refractivity (Wildman–Crippen MR) is 108 cm³/mol. The Bertz CT molecular complexity index is 940. The van der Waals surface area contributed by atoms with Gasteiger partial charge >= 0.3 is 5.97 Å². The third-order valence-electron chi connectivity index (χ3n) is 5.19. The maximum absolute atomic E-state index is 11.7. The number of nitrogens with zero attached hydrogens (tertiary/aromatic N) is 3. The van der Waals surface area contributed by atoms with Crippen molar-refractivity contribution in [2.75, 3.05) is 43.4 Å². The van der Waals surface area contributed by atoms with Gasteiger partial charge < -0.3 is 24.6 Å². The van der Waals surface area contributed by atoms with Gasteiger partial charge in [-0.2, -0.15) is 0 Å². The van der Waals surface area contributed by atoms with Crippen LogP contribution in [-0.4, -0.2) is 53.6 Å². The monoisotopic (exact) mass is 364 g/mol. The first kappa shape index (κ1) is 17.4. The summed E-state index contributed by atoms with van der Waals surface area (Å²) >= 11 is 0. The van der Waals surface area contributed by atoms with Crippen molar-refractivity contribution in [3.05, 3.63) is 66.0 Å². The minimum atomic E-state index is -0.940. The van der Waals surface area contributed by atoms with Gasteiger partial charge in [0.1, 0.15) is 0 Å². The molecular formula is C21H24N4O2. The molecule has 4 rings (SSSR count). The molecule has 0 spiro atoms. The lowest BCUT2D eigenvalue weighted by atomic mass is 10.1. The molecule has 1 aliphatic heterocycles. The molecule has 1 fully saturated rings. The van der Waals surface area contributed by atoms with E-state index < -0.39 is 5.97 Å². The lowest BCUT2D eigenvalue weighted by Crippen LogP contribution is -2.44. The first-order chi connectivity index (χ1) is 13.1. The zero-order valence-corrected chi connectivity index (χ0v) is 15.4. The van der Waals surface area contributed by atoms with Crippen molar-refractivity contribution in [3.63, 3.8) is 0 Å². The van der Waals surface area contributed by atoms with Crippen LogP contribution in [0.1, 0.15) is 16.1 Å². The van der Waals surface area contributed by atoms with Crippen LogP contribution in [0.3, 0.4) is 0 Å². The maximum Gasteiger partial charge on any atom is 0.355 e. The molecule has 0 aliphatic carbocycles. The Morgan fingerprint density at radius 3 is 2.48 bits per heavy atom. The largest absolute Gasteiger partial charge is 0.476 e. The molecule has 2 aromatic heterocycles. The molecule has 6 heteroatoms. The summed E-state index contributed by atoms with van der Waals surface area (Å²) in [5.74, 6) is -0.940. The van der Waals surface area contributed by atoms with E-state index in [1.165, 1.54) is 5.69 Å². The molecule has 6 nitrogen and oxygen atoms in total. The molecule has 0 atom stereocenters. The fraction of sp³-hybridized carbons (Fsp3) is 0.286. The van der Waals surface area contributed by atoms with Crippen LogP contribution in [0.25, 0.3) is 5.52 Å². The third kappa shape index (κ3) is 3.61. The van der Waals surface area contributed by atoms with E-state index in [4.69, 9.17) is 0 Å². The van der Waals surface area contributed by atoms with Gasteiger partial charge in [0.2, 0.25) is 0 Å². The second-order valence-electron chi connectivity index (χ2n) is 7.01. The highest BCUT2D eigenvalue weighted by atomic mass is 16.4. The number of aromatic carboxylic acids is 1. The van der Waals surface area contributed by atoms with Gasteiger partial charge in [0.05, 0.1) is 5.69 Å². The van der Waals surface area contributed by atoms with E-state index in [0.29, 0.717) is 12.2 Å². The van der Waals surface area contributed by atoms with Gasteiger partial charge in [0.15, 0.2) is 5.69 Å². The standard InChI is InChI=1S/C21H24N4O2/c1-23-11-13-24(14-12-23)17-6-4-16(5-7-17)15-22-19-9-8-18-3-2-10-25(18)20(19)21(26)27/h2-10,22H,11-15H2,1H3,(H,26,27). The number of piperazine rings is 1. The van der Waals surface area contributed by atoms with Crippen molar-refractivity contribution in [2.24, 2.45) is 0 Å². The fourth-order valence-electron chi connectivity index (χ4n) is 3.56. The molecule has 0 saturated carbocycles. The van der Waals surface area contributed by atoms with Gasteiger partial charge in [-0.05, 0) is 49.0 Å². The summed E-state index contributed by atoms with van der Waals surface area (Å²) in [5, 5.41) is 12.9. The van der Waals surface area contributed by atoms with Crippen LogP contribution in [0.4, 0.5) is 11.4 Å². The molecule has 1 saturated heterocycles. The van der Waals surface area contributed by atoms with Crippen molar-refractivity contribution in [2.45, 2.75) is 6.54 Å². The number of carboxylic acid groups (broad SMARTS) is 1. The van der Waals surface area contributed by atoms with Crippen LogP contribution in [-0.2, 0) is 6.54 Å². The zero-order chi connectivity index (χ0) is 18.8. The van der Waals surface area contributed by atoms with E-state index in [9.17, 15) is 9.90 Å². The first-order valence-corrected chi connectivity index (χ1v) is 9.21. The molecule has 1 aliphatic rings. The lowest BCUT2D eigenvalue weighted by Gasteiger charge is -2.34. The molecule has 1 aromatic carbocycles. The Hall–Kier alpha value is -2.99. The van der Waals surface area contributed by atoms with E-state index in [2.05, 4.69) is 46.4 Å². The van der Waals surface area contributed by atoms with Crippen molar-refractivity contribution >= 4 is 22.9 Å². The number of likely N-dealkylation sites (N-methyl/N-ethyl adjacent to an activating group) is 1. The molecule has 0 radical (unpaired) electrons. The van der Waals surface area contributed by atoms with E-state index in [1.807, 2.05) is 24.3 Å². The van der Waals surface area contributed by atoms with Crippen LogP contribution >= 0.6 is 0 Å². The molecule has 0 unspecified atom stereocenters. The van der Waals surface area contributed by atoms with Gasteiger partial charge in [0.25, 0.3) is 0 Å². The number of carboxylic acids is 1. The van der Waals surface area contributed by atoms with Gasteiger partial charge in [-0.15, -0.1) is 0 Å². The van der Waals surface area contributed by atoms with Crippen LogP contribution in [0.15, 0.2) is 54.7 Å². The molecule has 140 valence electrons. The highest BCUT2D eigenvalue weighted by Gasteiger charge is 2.15. The van der Waals surface area contributed by atoms with Crippen LogP contribution in [0, 0.1) is 0 Å². The molecule has 27 heavy (non-hydrogen) atoms. The third-order valence-corrected chi connectivity index (χ3v) is 5.19. The normalized spacial score (nSPS) is 15.2. The Morgan fingerprint density at radius 1 is 1.04 bits per heavy atom. The van der Waals surface area contributed by atoms with Crippen molar-refractivity contribution in [1.29, 1.82) is 0 Å². The number of aromatic nitrogens is 1. The highest BCUT2D eigenvalue weighted by molar-refractivity contribution is 5.93. The smallest absolute Gasteiger partial charge is 0.355 e. The minimum absolute atomic E-state index is 0.256. The lowest BCUT2D eigenvalue weighted by molar-refractivity contribution is 0.0690. The van der Waals surface area contributed by atoms with Crippen LogP contribution < -0.4 is 10.2 Å². The van der Waals surface area contributed by atoms with E-state index in [1.54, 1.807) is 10.6 Å². The number of carbonyl (C=O) groups is 1. The minimum Gasteiger partial charge on any atom is -0.476 e. The Morgan fingerprint density at radius 2 is 1.78 bits per heavy atom. The quantitative estimate of drug-likeness (QED) is 0.729. The Kier molecular flexibility index (Phi) is 4.73. The number of benzene rings is 1.